The predicted octanol–water partition coefficient (Wildman–Crippen LogP) is 3.79. The predicted molar refractivity (Wildman–Crippen MR) is 62.8 cm³/mol. The summed E-state index contributed by atoms with van der Waals surface area (Å²) in [5.41, 5.74) is 0.502. The van der Waals surface area contributed by atoms with Crippen molar-refractivity contribution in [3.8, 4) is 0 Å². The van der Waals surface area contributed by atoms with Crippen LogP contribution in [0.2, 0.25) is 5.02 Å². The Hall–Kier alpha value is -0.510. The number of nitrogens with one attached hydrogen (secondary N) is 1. The second-order valence-corrected chi connectivity index (χ2v) is 4.26. The Morgan fingerprint density at radius 1 is 1.50 bits per heavy atom. The van der Waals surface area contributed by atoms with E-state index in [2.05, 4.69) is 27.8 Å². The van der Waals surface area contributed by atoms with Crippen molar-refractivity contribution in [2.45, 2.75) is 0 Å². The SMILES string of the molecule is C=C(Cl)C(=O)Nc1ccc(Br)cc1Cl. The second kappa shape index (κ2) is 4.82. The molecule has 0 spiro atoms. The third kappa shape index (κ3) is 3.01. The first-order chi connectivity index (χ1) is 6.50. The molecular weight excluding hydrogens is 289 g/mol. The molecule has 0 aliphatic rings. The molecule has 0 heterocycles. The van der Waals surface area contributed by atoms with E-state index in [1.807, 2.05) is 0 Å². The third-order valence-corrected chi connectivity index (χ3v) is 2.40. The minimum Gasteiger partial charge on any atom is -0.320 e. The summed E-state index contributed by atoms with van der Waals surface area (Å²) >= 11 is 14.5. The number of halogens is 3. The zero-order valence-corrected chi connectivity index (χ0v) is 10.1. The van der Waals surface area contributed by atoms with Gasteiger partial charge in [-0.3, -0.25) is 4.79 Å². The van der Waals surface area contributed by atoms with Gasteiger partial charge in [0.1, 0.15) is 0 Å². The molecule has 5 heteroatoms. The van der Waals surface area contributed by atoms with Crippen LogP contribution in [-0.2, 0) is 4.79 Å². The number of rotatable bonds is 2. The fourth-order valence-corrected chi connectivity index (χ4v) is 1.55. The molecule has 1 rings (SSSR count). The first-order valence-electron chi connectivity index (χ1n) is 3.61. The molecule has 1 aromatic rings. The van der Waals surface area contributed by atoms with Crippen LogP contribution < -0.4 is 5.32 Å². The van der Waals surface area contributed by atoms with Gasteiger partial charge in [0.2, 0.25) is 0 Å². The van der Waals surface area contributed by atoms with Crippen LogP contribution in [0.1, 0.15) is 0 Å². The maximum atomic E-state index is 11.1. The highest BCUT2D eigenvalue weighted by Gasteiger charge is 2.07. The van der Waals surface area contributed by atoms with Crippen LogP contribution >= 0.6 is 39.1 Å². The van der Waals surface area contributed by atoms with Crippen LogP contribution in [0.15, 0.2) is 34.3 Å². The molecule has 0 atom stereocenters. The van der Waals surface area contributed by atoms with Gasteiger partial charge < -0.3 is 5.32 Å². The summed E-state index contributed by atoms with van der Waals surface area (Å²) in [7, 11) is 0. The number of carbonyl (C=O) groups excluding carboxylic acids is 1. The van der Waals surface area contributed by atoms with E-state index in [1.165, 1.54) is 0 Å². The molecule has 1 N–H and O–H groups in total. The van der Waals surface area contributed by atoms with Crippen LogP contribution in [0.3, 0.4) is 0 Å². The average Bonchev–Trinajstić information content (AvgIpc) is 2.09. The molecule has 1 aromatic carbocycles. The Labute approximate surface area is 100 Å². The molecule has 0 fully saturated rings. The highest BCUT2D eigenvalue weighted by Crippen LogP contribution is 2.25. The van der Waals surface area contributed by atoms with E-state index in [9.17, 15) is 4.79 Å². The zero-order chi connectivity index (χ0) is 10.7. The summed E-state index contributed by atoms with van der Waals surface area (Å²) in [6.45, 7) is 3.30. The van der Waals surface area contributed by atoms with Crippen molar-refractivity contribution in [1.82, 2.24) is 0 Å². The van der Waals surface area contributed by atoms with Gasteiger partial charge in [0.15, 0.2) is 0 Å². The largest absolute Gasteiger partial charge is 0.320 e. The Morgan fingerprint density at radius 2 is 2.14 bits per heavy atom. The van der Waals surface area contributed by atoms with Gasteiger partial charge in [-0.1, -0.05) is 45.7 Å². The Balaban J connectivity index is 2.87. The fourth-order valence-electron chi connectivity index (χ4n) is 0.781. The summed E-state index contributed by atoms with van der Waals surface area (Å²) < 4.78 is 0.838. The molecule has 74 valence electrons. The summed E-state index contributed by atoms with van der Waals surface area (Å²) in [6.07, 6.45) is 0. The van der Waals surface area contributed by atoms with Gasteiger partial charge in [-0.25, -0.2) is 0 Å². The number of hydrogen-bond donors (Lipinski definition) is 1. The summed E-state index contributed by atoms with van der Waals surface area (Å²) in [4.78, 5) is 11.1. The summed E-state index contributed by atoms with van der Waals surface area (Å²) in [5, 5.41) is 2.87. The van der Waals surface area contributed by atoms with Gasteiger partial charge in [0, 0.05) is 4.47 Å². The van der Waals surface area contributed by atoms with Crippen LogP contribution in [0, 0.1) is 0 Å². The zero-order valence-electron chi connectivity index (χ0n) is 6.98. The Morgan fingerprint density at radius 3 is 2.64 bits per heavy atom. The quantitative estimate of drug-likeness (QED) is 0.826. The lowest BCUT2D eigenvalue weighted by Crippen LogP contribution is -2.10. The van der Waals surface area contributed by atoms with Crippen molar-refractivity contribution in [1.29, 1.82) is 0 Å². The van der Waals surface area contributed by atoms with Gasteiger partial charge in [0.05, 0.1) is 15.7 Å². The molecule has 0 bridgehead atoms. The summed E-state index contributed by atoms with van der Waals surface area (Å²) in [6, 6.07) is 5.11. The second-order valence-electron chi connectivity index (χ2n) is 2.48. The normalized spacial score (nSPS) is 9.64. The van der Waals surface area contributed by atoms with Gasteiger partial charge in [-0.2, -0.15) is 0 Å². The molecule has 2 nitrogen and oxygen atoms in total. The van der Waals surface area contributed by atoms with E-state index in [-0.39, 0.29) is 5.03 Å². The lowest BCUT2D eigenvalue weighted by atomic mass is 10.3. The average molecular weight is 295 g/mol. The highest BCUT2D eigenvalue weighted by molar-refractivity contribution is 9.10. The third-order valence-electron chi connectivity index (χ3n) is 1.43. The minimum absolute atomic E-state index is 0.0796. The smallest absolute Gasteiger partial charge is 0.266 e. The van der Waals surface area contributed by atoms with Gasteiger partial charge >= 0.3 is 0 Å². The van der Waals surface area contributed by atoms with Crippen molar-refractivity contribution < 1.29 is 4.79 Å². The number of anilines is 1. The van der Waals surface area contributed by atoms with Crippen LogP contribution in [0.4, 0.5) is 5.69 Å². The molecule has 0 unspecified atom stereocenters. The van der Waals surface area contributed by atoms with E-state index < -0.39 is 5.91 Å². The van der Waals surface area contributed by atoms with E-state index in [4.69, 9.17) is 23.2 Å². The number of amides is 1. The van der Waals surface area contributed by atoms with Crippen molar-refractivity contribution in [2.75, 3.05) is 5.32 Å². The van der Waals surface area contributed by atoms with E-state index in [0.717, 1.165) is 4.47 Å². The maximum absolute atomic E-state index is 11.1. The van der Waals surface area contributed by atoms with Crippen molar-refractivity contribution in [3.63, 3.8) is 0 Å². The number of benzene rings is 1. The molecular formula is C9H6BrCl2NO. The van der Waals surface area contributed by atoms with Crippen LogP contribution in [-0.4, -0.2) is 5.91 Å². The van der Waals surface area contributed by atoms with Gasteiger partial charge in [-0.15, -0.1) is 0 Å². The van der Waals surface area contributed by atoms with E-state index >= 15 is 0 Å². The molecule has 0 saturated heterocycles. The van der Waals surface area contributed by atoms with E-state index in [0.29, 0.717) is 10.7 Å². The highest BCUT2D eigenvalue weighted by atomic mass is 79.9. The molecule has 1 amide bonds. The van der Waals surface area contributed by atoms with Crippen molar-refractivity contribution in [3.05, 3.63) is 39.3 Å². The number of carbonyl (C=O) groups is 1. The first-order valence-corrected chi connectivity index (χ1v) is 5.16. The van der Waals surface area contributed by atoms with E-state index in [1.54, 1.807) is 18.2 Å². The van der Waals surface area contributed by atoms with Crippen molar-refractivity contribution >= 4 is 50.7 Å². The standard InChI is InChI=1S/C9H6BrCl2NO/c1-5(11)9(14)13-8-3-2-6(10)4-7(8)12/h2-4H,1H2,(H,13,14). The molecule has 14 heavy (non-hydrogen) atoms. The Bertz CT molecular complexity index is 392. The van der Waals surface area contributed by atoms with Gasteiger partial charge in [-0.05, 0) is 18.2 Å². The molecule has 0 saturated carbocycles. The molecule has 0 aromatic heterocycles. The molecule has 0 aliphatic carbocycles. The monoisotopic (exact) mass is 293 g/mol. The first kappa shape index (κ1) is 11.6. The topological polar surface area (TPSA) is 29.1 Å². The van der Waals surface area contributed by atoms with Crippen LogP contribution in [0.25, 0.3) is 0 Å². The fraction of sp³-hybridized carbons (Fsp3) is 0. The molecule has 0 aliphatic heterocycles. The summed E-state index contributed by atoms with van der Waals surface area (Å²) in [5.74, 6) is -0.462. The number of hydrogen-bond acceptors (Lipinski definition) is 1. The Kier molecular flexibility index (Phi) is 3.98. The molecule has 0 radical (unpaired) electrons. The minimum atomic E-state index is -0.462. The lowest BCUT2D eigenvalue weighted by Gasteiger charge is -2.05. The van der Waals surface area contributed by atoms with Crippen LogP contribution in [0.5, 0.6) is 0 Å². The van der Waals surface area contributed by atoms with Crippen molar-refractivity contribution in [2.24, 2.45) is 0 Å². The van der Waals surface area contributed by atoms with Gasteiger partial charge in [0.25, 0.3) is 5.91 Å². The maximum Gasteiger partial charge on any atom is 0.266 e. The lowest BCUT2D eigenvalue weighted by molar-refractivity contribution is -0.112.